The molecular weight excluding hydrogens is 515 g/mol. The van der Waals surface area contributed by atoms with Gasteiger partial charge in [-0.3, -0.25) is 0 Å². The van der Waals surface area contributed by atoms with Gasteiger partial charge in [0.05, 0.1) is 4.90 Å². The maximum atomic E-state index is 11.6. The number of halogens is 1. The average Bonchev–Trinajstić information content (AvgIpc) is 3.30. The number of aryl methyl sites for hydroxylation is 1. The van der Waals surface area contributed by atoms with Crippen LogP contribution in [-0.4, -0.2) is 48.0 Å². The van der Waals surface area contributed by atoms with Crippen molar-refractivity contribution in [3.05, 3.63) is 41.5 Å². The second kappa shape index (κ2) is 11.1. The van der Waals surface area contributed by atoms with Gasteiger partial charge in [0, 0.05) is 25.9 Å². The lowest BCUT2D eigenvalue weighted by atomic mass is 10.1. The fraction of sp³-hybridized carbons (Fsp3) is 0.550. The molecule has 1 fully saturated rings. The van der Waals surface area contributed by atoms with Crippen molar-refractivity contribution in [2.45, 2.75) is 56.5 Å². The first-order valence-corrected chi connectivity index (χ1v) is 11.9. The number of nitrogens with zero attached hydrogens (tertiary/aromatic N) is 4. The summed E-state index contributed by atoms with van der Waals surface area (Å²) in [6, 6.07) is 7.50. The quantitative estimate of drug-likeness (QED) is 0.314. The van der Waals surface area contributed by atoms with Crippen LogP contribution in [0.5, 0.6) is 0 Å². The van der Waals surface area contributed by atoms with Crippen LogP contribution < -0.4 is 10.6 Å². The molecule has 1 aliphatic carbocycles. The number of hydrogen-bond donors (Lipinski definition) is 2. The molecule has 3 rings (SSSR count). The van der Waals surface area contributed by atoms with Crippen LogP contribution in [-0.2, 0) is 29.9 Å². The Morgan fingerprint density at radius 1 is 1.20 bits per heavy atom. The lowest BCUT2D eigenvalue weighted by Crippen LogP contribution is -2.43. The number of aromatic nitrogens is 3. The number of rotatable bonds is 7. The highest BCUT2D eigenvalue weighted by molar-refractivity contribution is 14.0. The Balaban J connectivity index is 0.00000320. The molecule has 30 heavy (non-hydrogen) atoms. The maximum absolute atomic E-state index is 11.6. The largest absolute Gasteiger partial charge is 0.356 e. The average molecular weight is 546 g/mol. The van der Waals surface area contributed by atoms with E-state index in [0.717, 1.165) is 42.4 Å². The summed E-state index contributed by atoms with van der Waals surface area (Å²) in [6.07, 6.45) is 6.83. The molecule has 0 saturated heterocycles. The minimum atomic E-state index is -3.16. The summed E-state index contributed by atoms with van der Waals surface area (Å²) >= 11 is 0. The van der Waals surface area contributed by atoms with Crippen LogP contribution >= 0.6 is 24.0 Å². The highest BCUT2D eigenvalue weighted by Gasteiger charge is 2.16. The first-order valence-electron chi connectivity index (χ1n) is 10.0. The Hall–Kier alpha value is -1.69. The Labute approximate surface area is 195 Å². The Morgan fingerprint density at radius 3 is 2.43 bits per heavy atom. The number of sulfone groups is 1. The molecule has 8 nitrogen and oxygen atoms in total. The number of hydrogen-bond acceptors (Lipinski definition) is 5. The summed E-state index contributed by atoms with van der Waals surface area (Å²) in [4.78, 5) is 5.05. The van der Waals surface area contributed by atoms with Gasteiger partial charge in [-0.05, 0) is 43.9 Å². The third kappa shape index (κ3) is 6.93. The van der Waals surface area contributed by atoms with Crippen LogP contribution in [0.2, 0.25) is 0 Å². The minimum absolute atomic E-state index is 0. The number of aliphatic imine (C=N–C) groups is 1. The molecular formula is C20H31IN6O2S. The summed E-state index contributed by atoms with van der Waals surface area (Å²) in [6.45, 7) is 3.09. The van der Waals surface area contributed by atoms with Crippen LogP contribution in [0.4, 0.5) is 0 Å². The highest BCUT2D eigenvalue weighted by Crippen LogP contribution is 2.17. The van der Waals surface area contributed by atoms with E-state index in [9.17, 15) is 8.42 Å². The molecule has 1 aromatic heterocycles. The van der Waals surface area contributed by atoms with Gasteiger partial charge in [-0.1, -0.05) is 25.0 Å². The molecule has 0 atom stereocenters. The van der Waals surface area contributed by atoms with E-state index >= 15 is 0 Å². The molecule has 166 valence electrons. The summed E-state index contributed by atoms with van der Waals surface area (Å²) in [7, 11) is -1.22. The maximum Gasteiger partial charge on any atom is 0.191 e. The monoisotopic (exact) mass is 546 g/mol. The SMILES string of the molecule is Cc1nnc(CN=C(NCCc2ccc(S(C)(=O)=O)cc2)NC2CCCC2)n1C.I. The highest BCUT2D eigenvalue weighted by atomic mass is 127. The number of benzene rings is 1. The van der Waals surface area contributed by atoms with Crippen LogP contribution in [0.1, 0.15) is 42.9 Å². The lowest BCUT2D eigenvalue weighted by Gasteiger charge is -2.17. The lowest BCUT2D eigenvalue weighted by molar-refractivity contribution is 0.602. The van der Waals surface area contributed by atoms with E-state index < -0.39 is 9.84 Å². The van der Waals surface area contributed by atoms with Gasteiger partial charge in [-0.25, -0.2) is 13.4 Å². The summed E-state index contributed by atoms with van der Waals surface area (Å²) in [5, 5.41) is 15.2. The van der Waals surface area contributed by atoms with Crippen molar-refractivity contribution in [3.8, 4) is 0 Å². The van der Waals surface area contributed by atoms with Crippen LogP contribution in [0.25, 0.3) is 0 Å². The molecule has 0 amide bonds. The van der Waals surface area contributed by atoms with Gasteiger partial charge in [0.15, 0.2) is 21.6 Å². The standard InChI is InChI=1S/C20H30N6O2S.HI/c1-15-24-25-19(26(15)2)14-22-20(23-17-6-4-5-7-17)21-13-12-16-8-10-18(11-9-16)29(3,27)28;/h8-11,17H,4-7,12-14H2,1-3H3,(H2,21,22,23);1H. The van der Waals surface area contributed by atoms with E-state index in [1.807, 2.05) is 30.7 Å². The molecule has 0 radical (unpaired) electrons. The molecule has 0 aliphatic heterocycles. The Morgan fingerprint density at radius 2 is 1.87 bits per heavy atom. The molecule has 0 unspecified atom stereocenters. The summed E-state index contributed by atoms with van der Waals surface area (Å²) in [5.41, 5.74) is 1.08. The smallest absolute Gasteiger partial charge is 0.191 e. The summed E-state index contributed by atoms with van der Waals surface area (Å²) in [5.74, 6) is 2.47. The van der Waals surface area contributed by atoms with Gasteiger partial charge in [0.1, 0.15) is 12.4 Å². The van der Waals surface area contributed by atoms with Crippen molar-refractivity contribution < 1.29 is 8.42 Å². The van der Waals surface area contributed by atoms with E-state index in [-0.39, 0.29) is 24.0 Å². The second-order valence-corrected chi connectivity index (χ2v) is 9.62. The predicted molar refractivity (Wildman–Crippen MR) is 129 cm³/mol. The molecule has 0 bridgehead atoms. The van der Waals surface area contributed by atoms with Crippen molar-refractivity contribution in [1.82, 2.24) is 25.4 Å². The summed E-state index contributed by atoms with van der Waals surface area (Å²) < 4.78 is 25.1. The zero-order chi connectivity index (χ0) is 20.9. The third-order valence-corrected chi connectivity index (χ3v) is 6.44. The molecule has 2 aromatic rings. The van der Waals surface area contributed by atoms with E-state index in [1.54, 1.807) is 12.1 Å². The van der Waals surface area contributed by atoms with Gasteiger partial charge in [-0.15, -0.1) is 34.2 Å². The van der Waals surface area contributed by atoms with Gasteiger partial charge < -0.3 is 15.2 Å². The van der Waals surface area contributed by atoms with Crippen molar-refractivity contribution >= 4 is 39.8 Å². The molecule has 1 aliphatic rings. The predicted octanol–water partition coefficient (Wildman–Crippen LogP) is 2.37. The van der Waals surface area contributed by atoms with Gasteiger partial charge in [0.2, 0.25) is 0 Å². The van der Waals surface area contributed by atoms with Crippen molar-refractivity contribution in [2.24, 2.45) is 12.0 Å². The van der Waals surface area contributed by atoms with E-state index in [2.05, 4.69) is 20.8 Å². The molecule has 2 N–H and O–H groups in total. The zero-order valence-electron chi connectivity index (χ0n) is 17.8. The van der Waals surface area contributed by atoms with Crippen molar-refractivity contribution in [3.63, 3.8) is 0 Å². The van der Waals surface area contributed by atoms with Gasteiger partial charge in [-0.2, -0.15) is 0 Å². The topological polar surface area (TPSA) is 101 Å². The normalized spacial score (nSPS) is 15.1. The second-order valence-electron chi connectivity index (χ2n) is 7.61. The molecule has 10 heteroatoms. The van der Waals surface area contributed by atoms with Crippen molar-refractivity contribution in [1.29, 1.82) is 0 Å². The minimum Gasteiger partial charge on any atom is -0.356 e. The Bertz CT molecular complexity index is 950. The fourth-order valence-corrected chi connectivity index (χ4v) is 4.01. The van der Waals surface area contributed by atoms with E-state index in [4.69, 9.17) is 4.99 Å². The first kappa shape index (κ1) is 24.6. The molecule has 1 heterocycles. The van der Waals surface area contributed by atoms with Crippen LogP contribution in [0.15, 0.2) is 34.2 Å². The fourth-order valence-electron chi connectivity index (χ4n) is 3.38. The van der Waals surface area contributed by atoms with E-state index in [1.165, 1.54) is 19.1 Å². The van der Waals surface area contributed by atoms with Crippen molar-refractivity contribution in [2.75, 3.05) is 12.8 Å². The molecule has 1 aromatic carbocycles. The first-order chi connectivity index (χ1) is 13.8. The number of guanidine groups is 1. The molecule has 0 spiro atoms. The van der Waals surface area contributed by atoms with Crippen LogP contribution in [0.3, 0.4) is 0 Å². The van der Waals surface area contributed by atoms with Gasteiger partial charge >= 0.3 is 0 Å². The van der Waals surface area contributed by atoms with Gasteiger partial charge in [0.25, 0.3) is 0 Å². The van der Waals surface area contributed by atoms with Crippen LogP contribution in [0, 0.1) is 6.92 Å². The molecule has 1 saturated carbocycles. The van der Waals surface area contributed by atoms with E-state index in [0.29, 0.717) is 24.0 Å². The third-order valence-electron chi connectivity index (χ3n) is 5.31. The number of nitrogens with one attached hydrogen (secondary N) is 2. The zero-order valence-corrected chi connectivity index (χ0v) is 20.9. The Kier molecular flexibility index (Phi) is 9.08.